The lowest BCUT2D eigenvalue weighted by atomic mass is 10.1. The molecule has 0 amide bonds. The highest BCUT2D eigenvalue weighted by Crippen LogP contribution is 2.24. The van der Waals surface area contributed by atoms with Gasteiger partial charge in [-0.2, -0.15) is 0 Å². The van der Waals surface area contributed by atoms with E-state index in [-0.39, 0.29) is 24.5 Å². The molecule has 2 aromatic rings. The molecule has 0 saturated heterocycles. The number of hydrogen-bond donors (Lipinski definition) is 1. The summed E-state index contributed by atoms with van der Waals surface area (Å²) in [6.07, 6.45) is 0. The molecule has 21 heavy (non-hydrogen) atoms. The number of rotatable bonds is 5. The molecular formula is C12H15FN4O3S. The topological polar surface area (TPSA) is 100 Å². The molecule has 1 aromatic carbocycles. The number of methoxy groups -OCH3 is 1. The minimum absolute atomic E-state index is 0.0947. The van der Waals surface area contributed by atoms with Crippen molar-refractivity contribution in [2.45, 2.75) is 18.6 Å². The smallest absolute Gasteiger partial charge is 0.273 e. The van der Waals surface area contributed by atoms with Gasteiger partial charge in [0.25, 0.3) is 15.2 Å². The minimum Gasteiger partial charge on any atom is -0.383 e. The zero-order valence-electron chi connectivity index (χ0n) is 11.6. The van der Waals surface area contributed by atoms with Crippen LogP contribution in [0.4, 0.5) is 4.39 Å². The van der Waals surface area contributed by atoms with Crippen LogP contribution in [0.3, 0.4) is 0 Å². The summed E-state index contributed by atoms with van der Waals surface area (Å²) in [5.74, 6) is -0.426. The van der Waals surface area contributed by atoms with Crippen LogP contribution in [0.15, 0.2) is 23.4 Å². The zero-order chi connectivity index (χ0) is 15.6. The Hall–Kier alpha value is -1.84. The number of hydrogen-bond acceptors (Lipinski definition) is 5. The van der Waals surface area contributed by atoms with Gasteiger partial charge < -0.3 is 4.74 Å². The quantitative estimate of drug-likeness (QED) is 0.875. The Morgan fingerprint density at radius 2 is 2.10 bits per heavy atom. The van der Waals surface area contributed by atoms with Crippen molar-refractivity contribution in [3.8, 4) is 11.4 Å². The number of nitrogens with zero attached hydrogens (tertiary/aromatic N) is 3. The summed E-state index contributed by atoms with van der Waals surface area (Å²) >= 11 is 0. The Labute approximate surface area is 121 Å². The van der Waals surface area contributed by atoms with Crippen LogP contribution in [0.5, 0.6) is 0 Å². The van der Waals surface area contributed by atoms with E-state index in [1.165, 1.54) is 17.7 Å². The van der Waals surface area contributed by atoms with Gasteiger partial charge in [-0.1, -0.05) is 11.6 Å². The van der Waals surface area contributed by atoms with Gasteiger partial charge >= 0.3 is 0 Å². The SMILES string of the molecule is COCCn1c(-c2cc(C)ccc2F)nnc1S(N)(=O)=O. The Morgan fingerprint density at radius 1 is 1.38 bits per heavy atom. The number of ether oxygens (including phenoxy) is 1. The maximum Gasteiger partial charge on any atom is 0.273 e. The molecule has 0 bridgehead atoms. The van der Waals surface area contributed by atoms with Crippen LogP contribution in [0.1, 0.15) is 5.56 Å². The predicted molar refractivity (Wildman–Crippen MR) is 73.4 cm³/mol. The lowest BCUT2D eigenvalue weighted by molar-refractivity contribution is 0.185. The highest BCUT2D eigenvalue weighted by atomic mass is 32.2. The van der Waals surface area contributed by atoms with E-state index in [1.54, 1.807) is 19.1 Å². The standard InChI is InChI=1S/C12H15FN4O3S/c1-8-3-4-10(13)9(7-8)11-15-16-12(21(14,18)19)17(11)5-6-20-2/h3-4,7H,5-6H2,1-2H3,(H2,14,18,19). The first kappa shape index (κ1) is 15.5. The number of sulfonamides is 1. The van der Waals surface area contributed by atoms with Crippen molar-refractivity contribution in [1.29, 1.82) is 0 Å². The Balaban J connectivity index is 2.63. The van der Waals surface area contributed by atoms with Crippen molar-refractivity contribution in [3.63, 3.8) is 0 Å². The molecule has 0 saturated carbocycles. The third-order valence-electron chi connectivity index (χ3n) is 2.85. The van der Waals surface area contributed by atoms with Gasteiger partial charge in [-0.3, -0.25) is 4.57 Å². The molecule has 2 rings (SSSR count). The molecule has 7 nitrogen and oxygen atoms in total. The maximum atomic E-state index is 14.0. The second kappa shape index (κ2) is 5.88. The molecule has 9 heteroatoms. The average molecular weight is 314 g/mol. The number of nitrogens with two attached hydrogens (primary N) is 1. The van der Waals surface area contributed by atoms with Crippen LogP contribution in [-0.4, -0.2) is 36.9 Å². The van der Waals surface area contributed by atoms with E-state index in [0.717, 1.165) is 5.56 Å². The summed E-state index contributed by atoms with van der Waals surface area (Å²) in [6, 6.07) is 4.46. The molecule has 0 aliphatic carbocycles. The molecule has 1 heterocycles. The first-order chi connectivity index (χ1) is 9.84. The van der Waals surface area contributed by atoms with Crippen molar-refractivity contribution >= 4 is 10.0 Å². The van der Waals surface area contributed by atoms with E-state index in [4.69, 9.17) is 9.88 Å². The lowest BCUT2D eigenvalue weighted by Gasteiger charge is -2.09. The average Bonchev–Trinajstić information content (AvgIpc) is 2.82. The fourth-order valence-corrected chi connectivity index (χ4v) is 2.53. The summed E-state index contributed by atoms with van der Waals surface area (Å²) < 4.78 is 43.2. The molecule has 0 atom stereocenters. The van der Waals surface area contributed by atoms with Crippen molar-refractivity contribution in [2.75, 3.05) is 13.7 Å². The first-order valence-electron chi connectivity index (χ1n) is 6.06. The number of aromatic nitrogens is 3. The van der Waals surface area contributed by atoms with E-state index < -0.39 is 21.0 Å². The van der Waals surface area contributed by atoms with Crippen LogP contribution < -0.4 is 5.14 Å². The van der Waals surface area contributed by atoms with Gasteiger partial charge in [-0.15, -0.1) is 10.2 Å². The van der Waals surface area contributed by atoms with Crippen LogP contribution in [0.25, 0.3) is 11.4 Å². The summed E-state index contributed by atoms with van der Waals surface area (Å²) in [5.41, 5.74) is 0.971. The third-order valence-corrected chi connectivity index (χ3v) is 3.66. The van der Waals surface area contributed by atoms with Gasteiger partial charge in [-0.05, 0) is 19.1 Å². The molecule has 0 aliphatic heterocycles. The largest absolute Gasteiger partial charge is 0.383 e. The lowest BCUT2D eigenvalue weighted by Crippen LogP contribution is -2.20. The molecule has 0 aliphatic rings. The molecule has 2 N–H and O–H groups in total. The fourth-order valence-electron chi connectivity index (χ4n) is 1.89. The number of halogens is 1. The van der Waals surface area contributed by atoms with Crippen molar-refractivity contribution in [2.24, 2.45) is 5.14 Å². The van der Waals surface area contributed by atoms with E-state index in [1.807, 2.05) is 0 Å². The van der Waals surface area contributed by atoms with Crippen LogP contribution in [0, 0.1) is 12.7 Å². The second-order valence-electron chi connectivity index (χ2n) is 4.48. The summed E-state index contributed by atoms with van der Waals surface area (Å²) in [7, 11) is -2.60. The highest BCUT2D eigenvalue weighted by molar-refractivity contribution is 7.89. The Bertz CT molecular complexity index is 758. The molecule has 0 spiro atoms. The van der Waals surface area contributed by atoms with Crippen LogP contribution in [0.2, 0.25) is 0 Å². The van der Waals surface area contributed by atoms with E-state index in [2.05, 4.69) is 10.2 Å². The summed E-state index contributed by atoms with van der Waals surface area (Å²) in [5, 5.41) is 12.0. The van der Waals surface area contributed by atoms with Gasteiger partial charge in [0.15, 0.2) is 5.82 Å². The molecule has 0 fully saturated rings. The maximum absolute atomic E-state index is 14.0. The number of benzene rings is 1. The van der Waals surface area contributed by atoms with Crippen LogP contribution >= 0.6 is 0 Å². The number of primary sulfonamides is 1. The Morgan fingerprint density at radius 3 is 2.71 bits per heavy atom. The van der Waals surface area contributed by atoms with E-state index in [0.29, 0.717) is 0 Å². The van der Waals surface area contributed by atoms with E-state index >= 15 is 0 Å². The predicted octanol–water partition coefficient (Wildman–Crippen LogP) is 0.686. The monoisotopic (exact) mass is 314 g/mol. The first-order valence-corrected chi connectivity index (χ1v) is 7.60. The van der Waals surface area contributed by atoms with Gasteiger partial charge in [0, 0.05) is 7.11 Å². The van der Waals surface area contributed by atoms with Crippen molar-refractivity contribution < 1.29 is 17.5 Å². The molecule has 0 unspecified atom stereocenters. The second-order valence-corrected chi connectivity index (χ2v) is 5.93. The minimum atomic E-state index is -4.06. The Kier molecular flexibility index (Phi) is 4.35. The van der Waals surface area contributed by atoms with Gasteiger partial charge in [0.2, 0.25) is 0 Å². The zero-order valence-corrected chi connectivity index (χ0v) is 12.4. The van der Waals surface area contributed by atoms with Crippen molar-refractivity contribution in [1.82, 2.24) is 14.8 Å². The molecular weight excluding hydrogens is 299 g/mol. The molecule has 1 aromatic heterocycles. The summed E-state index contributed by atoms with van der Waals surface area (Å²) in [6.45, 7) is 2.14. The normalized spacial score (nSPS) is 11.8. The molecule has 114 valence electrons. The third kappa shape index (κ3) is 3.26. The fraction of sp³-hybridized carbons (Fsp3) is 0.333. The highest BCUT2D eigenvalue weighted by Gasteiger charge is 2.23. The summed E-state index contributed by atoms with van der Waals surface area (Å²) in [4.78, 5) is 0. The van der Waals surface area contributed by atoms with Crippen molar-refractivity contribution in [3.05, 3.63) is 29.6 Å². The van der Waals surface area contributed by atoms with E-state index in [9.17, 15) is 12.8 Å². The van der Waals surface area contributed by atoms with Gasteiger partial charge in [-0.25, -0.2) is 17.9 Å². The van der Waals surface area contributed by atoms with Gasteiger partial charge in [0.1, 0.15) is 5.82 Å². The van der Waals surface area contributed by atoms with Crippen LogP contribution in [-0.2, 0) is 21.3 Å². The van der Waals surface area contributed by atoms with Gasteiger partial charge in [0.05, 0.1) is 18.7 Å². The molecule has 0 radical (unpaired) electrons. The number of aryl methyl sites for hydroxylation is 1.